The molecule has 1 unspecified atom stereocenters. The van der Waals surface area contributed by atoms with E-state index in [-0.39, 0.29) is 30.0 Å². The van der Waals surface area contributed by atoms with Crippen LogP contribution in [0, 0.1) is 5.92 Å². The van der Waals surface area contributed by atoms with Crippen LogP contribution in [-0.4, -0.2) is 61.8 Å². The number of nitrogens with one attached hydrogen (secondary N) is 1. The zero-order valence-electron chi connectivity index (χ0n) is 12.3. The van der Waals surface area contributed by atoms with E-state index in [0.29, 0.717) is 19.7 Å². The maximum absolute atomic E-state index is 12.1. The highest BCUT2D eigenvalue weighted by Crippen LogP contribution is 2.19. The van der Waals surface area contributed by atoms with Gasteiger partial charge >= 0.3 is 5.97 Å². The predicted octanol–water partition coefficient (Wildman–Crippen LogP) is 0.167. The van der Waals surface area contributed by atoms with Crippen LogP contribution in [0.4, 0.5) is 0 Å². The lowest BCUT2D eigenvalue weighted by Crippen LogP contribution is -2.60. The van der Waals surface area contributed by atoms with Gasteiger partial charge in [0.05, 0.1) is 18.1 Å². The van der Waals surface area contributed by atoms with Crippen molar-refractivity contribution in [2.45, 2.75) is 32.3 Å². The number of hydrogen-bond donors (Lipinski definition) is 1. The summed E-state index contributed by atoms with van der Waals surface area (Å²) < 4.78 is 10.7. The second kappa shape index (κ2) is 6.54. The van der Waals surface area contributed by atoms with E-state index in [1.54, 1.807) is 11.8 Å². The molecule has 0 bridgehead atoms. The second-order valence-electron chi connectivity index (χ2n) is 5.77. The molecule has 0 aromatic rings. The number of carbonyl (C=O) groups is 2. The van der Waals surface area contributed by atoms with Gasteiger partial charge in [0.2, 0.25) is 5.91 Å². The molecule has 6 heteroatoms. The summed E-state index contributed by atoms with van der Waals surface area (Å²) in [4.78, 5) is 25.6. The summed E-state index contributed by atoms with van der Waals surface area (Å²) in [5.41, 5.74) is -0.216. The smallest absolute Gasteiger partial charge is 0.310 e. The van der Waals surface area contributed by atoms with Crippen LogP contribution in [0.15, 0.2) is 0 Å². The number of nitrogens with zero attached hydrogens (tertiary/aromatic N) is 1. The molecule has 0 aliphatic carbocycles. The average molecular weight is 284 g/mol. The Balaban J connectivity index is 1.78. The molecule has 0 spiro atoms. The van der Waals surface area contributed by atoms with Crippen LogP contribution < -0.4 is 5.32 Å². The van der Waals surface area contributed by atoms with Crippen LogP contribution in [-0.2, 0) is 19.1 Å². The standard InChI is InChI=1S/C14H24N2O4/c1-3-19-13(18)11-5-4-6-16(7-11)12(17)8-20-14(2)9-15-10-14/h11,15H,3-10H2,1-2H3. The molecule has 2 aliphatic rings. The number of esters is 1. The Morgan fingerprint density at radius 3 is 2.75 bits per heavy atom. The Labute approximate surface area is 119 Å². The highest BCUT2D eigenvalue weighted by atomic mass is 16.5. The third-order valence-corrected chi connectivity index (χ3v) is 3.94. The maximum Gasteiger partial charge on any atom is 0.310 e. The van der Waals surface area contributed by atoms with Gasteiger partial charge in [-0.3, -0.25) is 9.59 Å². The highest BCUT2D eigenvalue weighted by Gasteiger charge is 2.35. The summed E-state index contributed by atoms with van der Waals surface area (Å²) in [5.74, 6) is -0.415. The van der Waals surface area contributed by atoms with Gasteiger partial charge < -0.3 is 19.7 Å². The largest absolute Gasteiger partial charge is 0.466 e. The molecule has 20 heavy (non-hydrogen) atoms. The molecule has 0 saturated carbocycles. The first-order valence-corrected chi connectivity index (χ1v) is 7.33. The Morgan fingerprint density at radius 1 is 1.40 bits per heavy atom. The van der Waals surface area contributed by atoms with E-state index >= 15 is 0 Å². The van der Waals surface area contributed by atoms with Gasteiger partial charge in [0.25, 0.3) is 0 Å². The third-order valence-electron chi connectivity index (χ3n) is 3.94. The van der Waals surface area contributed by atoms with Gasteiger partial charge in [-0.1, -0.05) is 0 Å². The molecule has 2 heterocycles. The van der Waals surface area contributed by atoms with Gasteiger partial charge in [0.1, 0.15) is 6.61 Å². The van der Waals surface area contributed by atoms with Gasteiger partial charge in [-0.15, -0.1) is 0 Å². The number of amides is 1. The maximum atomic E-state index is 12.1. The van der Waals surface area contributed by atoms with Gasteiger partial charge in [-0.25, -0.2) is 0 Å². The van der Waals surface area contributed by atoms with Gasteiger partial charge in [0.15, 0.2) is 0 Å². The Morgan fingerprint density at radius 2 is 2.15 bits per heavy atom. The van der Waals surface area contributed by atoms with Crippen molar-refractivity contribution in [3.05, 3.63) is 0 Å². The van der Waals surface area contributed by atoms with E-state index in [4.69, 9.17) is 9.47 Å². The van der Waals surface area contributed by atoms with E-state index in [1.165, 1.54) is 0 Å². The fraction of sp³-hybridized carbons (Fsp3) is 0.857. The second-order valence-corrected chi connectivity index (χ2v) is 5.77. The summed E-state index contributed by atoms with van der Waals surface area (Å²) in [5, 5.41) is 3.13. The number of hydrogen-bond acceptors (Lipinski definition) is 5. The van der Waals surface area contributed by atoms with Crippen LogP contribution >= 0.6 is 0 Å². The van der Waals surface area contributed by atoms with E-state index < -0.39 is 0 Å². The molecule has 6 nitrogen and oxygen atoms in total. The molecule has 2 fully saturated rings. The molecular formula is C14H24N2O4. The van der Waals surface area contributed by atoms with Crippen molar-refractivity contribution in [1.82, 2.24) is 10.2 Å². The first-order chi connectivity index (χ1) is 9.54. The highest BCUT2D eigenvalue weighted by molar-refractivity contribution is 5.79. The first-order valence-electron chi connectivity index (χ1n) is 7.33. The number of carbonyl (C=O) groups excluding carboxylic acids is 2. The number of piperidine rings is 1. The molecule has 114 valence electrons. The first kappa shape index (κ1) is 15.3. The van der Waals surface area contributed by atoms with Crippen molar-refractivity contribution < 1.29 is 19.1 Å². The van der Waals surface area contributed by atoms with Gasteiger partial charge in [-0.2, -0.15) is 0 Å². The summed E-state index contributed by atoms with van der Waals surface area (Å²) in [7, 11) is 0. The molecule has 0 aromatic carbocycles. The van der Waals surface area contributed by atoms with Crippen LogP contribution in [0.25, 0.3) is 0 Å². The molecule has 1 amide bonds. The molecule has 2 saturated heterocycles. The third kappa shape index (κ3) is 3.70. The normalized spacial score (nSPS) is 24.9. The average Bonchev–Trinajstić information content (AvgIpc) is 2.43. The minimum absolute atomic E-state index is 0.0351. The lowest BCUT2D eigenvalue weighted by atomic mass is 9.98. The topological polar surface area (TPSA) is 67.9 Å². The summed E-state index contributed by atoms with van der Waals surface area (Å²) in [6.45, 7) is 6.99. The van der Waals surface area contributed by atoms with Crippen molar-refractivity contribution in [2.75, 3.05) is 39.4 Å². The molecule has 1 atom stereocenters. The number of likely N-dealkylation sites (tertiary alicyclic amines) is 1. The predicted molar refractivity (Wildman–Crippen MR) is 73.2 cm³/mol. The molecule has 1 N–H and O–H groups in total. The Hall–Kier alpha value is -1.14. The van der Waals surface area contributed by atoms with Crippen LogP contribution in [0.2, 0.25) is 0 Å². The minimum Gasteiger partial charge on any atom is -0.466 e. The van der Waals surface area contributed by atoms with E-state index in [9.17, 15) is 9.59 Å². The van der Waals surface area contributed by atoms with Crippen molar-refractivity contribution in [1.29, 1.82) is 0 Å². The molecule has 2 rings (SSSR count). The Kier molecular flexibility index (Phi) is 4.99. The van der Waals surface area contributed by atoms with Crippen molar-refractivity contribution >= 4 is 11.9 Å². The lowest BCUT2D eigenvalue weighted by Gasteiger charge is -2.39. The van der Waals surface area contributed by atoms with E-state index in [1.807, 2.05) is 6.92 Å². The lowest BCUT2D eigenvalue weighted by molar-refractivity contribution is -0.154. The molecule has 0 radical (unpaired) electrons. The van der Waals surface area contributed by atoms with E-state index in [2.05, 4.69) is 5.32 Å². The SMILES string of the molecule is CCOC(=O)C1CCCN(C(=O)COC2(C)CNC2)C1. The van der Waals surface area contributed by atoms with Gasteiger partial charge in [-0.05, 0) is 26.7 Å². The summed E-state index contributed by atoms with van der Waals surface area (Å²) in [6.07, 6.45) is 1.64. The van der Waals surface area contributed by atoms with Crippen molar-refractivity contribution in [3.8, 4) is 0 Å². The zero-order valence-corrected chi connectivity index (χ0v) is 12.3. The van der Waals surface area contributed by atoms with Crippen molar-refractivity contribution in [2.24, 2.45) is 5.92 Å². The fourth-order valence-corrected chi connectivity index (χ4v) is 2.56. The van der Waals surface area contributed by atoms with Gasteiger partial charge in [0, 0.05) is 26.2 Å². The molecule has 2 aliphatic heterocycles. The van der Waals surface area contributed by atoms with Crippen LogP contribution in [0.5, 0.6) is 0 Å². The molecule has 0 aromatic heterocycles. The quantitative estimate of drug-likeness (QED) is 0.729. The fourth-order valence-electron chi connectivity index (χ4n) is 2.56. The van der Waals surface area contributed by atoms with Crippen LogP contribution in [0.1, 0.15) is 26.7 Å². The monoisotopic (exact) mass is 284 g/mol. The van der Waals surface area contributed by atoms with E-state index in [0.717, 1.165) is 25.9 Å². The minimum atomic E-state index is -0.216. The number of ether oxygens (including phenoxy) is 2. The molecular weight excluding hydrogens is 260 g/mol. The number of rotatable bonds is 5. The summed E-state index contributed by atoms with van der Waals surface area (Å²) >= 11 is 0. The van der Waals surface area contributed by atoms with Crippen LogP contribution in [0.3, 0.4) is 0 Å². The summed E-state index contributed by atoms with van der Waals surface area (Å²) in [6, 6.07) is 0. The zero-order chi connectivity index (χ0) is 14.6. The van der Waals surface area contributed by atoms with Crippen molar-refractivity contribution in [3.63, 3.8) is 0 Å². The Bertz CT molecular complexity index is 368.